The average molecular weight is 717 g/mol. The van der Waals surface area contributed by atoms with Gasteiger partial charge >= 0.3 is 11.9 Å². The summed E-state index contributed by atoms with van der Waals surface area (Å²) in [4.78, 5) is 36.4. The summed E-state index contributed by atoms with van der Waals surface area (Å²) in [5.74, 6) is 0.0608. The topological polar surface area (TPSA) is 110 Å². The second-order valence-corrected chi connectivity index (χ2v) is 15.3. The van der Waals surface area contributed by atoms with Crippen LogP contribution in [0.2, 0.25) is 0 Å². The van der Waals surface area contributed by atoms with Gasteiger partial charge in [-0.1, -0.05) is 167 Å². The second kappa shape index (κ2) is 32.4. The zero-order chi connectivity index (χ0) is 37.4. The number of rotatable bonds is 34. The van der Waals surface area contributed by atoms with Crippen LogP contribution in [0, 0.1) is 17.8 Å². The van der Waals surface area contributed by atoms with E-state index in [9.17, 15) is 24.6 Å². The summed E-state index contributed by atoms with van der Waals surface area (Å²) in [6.07, 6.45) is 36.8. The van der Waals surface area contributed by atoms with Gasteiger partial charge in [0.15, 0.2) is 5.78 Å². The Balaban J connectivity index is 1.96. The van der Waals surface area contributed by atoms with E-state index >= 15 is 0 Å². The van der Waals surface area contributed by atoms with Crippen LogP contribution >= 0.6 is 0 Å². The highest BCUT2D eigenvalue weighted by Crippen LogP contribution is 2.27. The van der Waals surface area contributed by atoms with Gasteiger partial charge in [-0.25, -0.2) is 0 Å². The summed E-state index contributed by atoms with van der Waals surface area (Å²) in [7, 11) is 0. The van der Waals surface area contributed by atoms with E-state index in [4.69, 9.17) is 9.47 Å². The van der Waals surface area contributed by atoms with Gasteiger partial charge in [-0.15, -0.1) is 0 Å². The minimum atomic E-state index is -1.03. The van der Waals surface area contributed by atoms with E-state index in [-0.39, 0.29) is 49.2 Å². The number of unbranched alkanes of at least 4 members (excludes halogenated alkanes) is 17. The van der Waals surface area contributed by atoms with Crippen molar-refractivity contribution in [3.63, 3.8) is 0 Å². The second-order valence-electron chi connectivity index (χ2n) is 15.3. The first-order valence-corrected chi connectivity index (χ1v) is 21.0. The monoisotopic (exact) mass is 717 g/mol. The van der Waals surface area contributed by atoms with Gasteiger partial charge in [0.1, 0.15) is 19.3 Å². The minimum Gasteiger partial charge on any atom is -0.463 e. The number of carbonyl (C=O) groups is 3. The first-order valence-electron chi connectivity index (χ1n) is 21.0. The summed E-state index contributed by atoms with van der Waals surface area (Å²) in [6.45, 7) is 6.40. The molecule has 0 aliphatic heterocycles. The van der Waals surface area contributed by atoms with Crippen LogP contribution in [0.25, 0.3) is 0 Å². The van der Waals surface area contributed by atoms with Crippen molar-refractivity contribution in [3.8, 4) is 0 Å². The highest BCUT2D eigenvalue weighted by atomic mass is 16.6. The fraction of sp³-hybridized carbons (Fsp3) is 0.795. The van der Waals surface area contributed by atoms with Gasteiger partial charge in [0.2, 0.25) is 0 Å². The molecule has 0 radical (unpaired) electrons. The highest BCUT2D eigenvalue weighted by molar-refractivity contribution is 5.95. The number of hydrogen-bond donors (Lipinski definition) is 2. The summed E-state index contributed by atoms with van der Waals surface area (Å²) in [5, 5.41) is 20.2. The fourth-order valence-corrected chi connectivity index (χ4v) is 6.50. The molecule has 2 N–H and O–H groups in total. The number of allylic oxidation sites excluding steroid dienone is 5. The maximum atomic E-state index is 12.3. The first kappa shape index (κ1) is 46.8. The van der Waals surface area contributed by atoms with Crippen LogP contribution in [0.3, 0.4) is 0 Å². The van der Waals surface area contributed by atoms with Crippen molar-refractivity contribution in [2.75, 3.05) is 13.2 Å². The normalized spacial score (nSPS) is 17.3. The molecule has 0 fully saturated rings. The average Bonchev–Trinajstić information content (AvgIpc) is 3.46. The van der Waals surface area contributed by atoms with Crippen LogP contribution in [-0.4, -0.2) is 53.4 Å². The zero-order valence-corrected chi connectivity index (χ0v) is 32.9. The molecule has 0 heterocycles. The Morgan fingerprint density at radius 1 is 0.706 bits per heavy atom. The summed E-state index contributed by atoms with van der Waals surface area (Å²) < 4.78 is 10.3. The number of ether oxygens (including phenoxy) is 2. The van der Waals surface area contributed by atoms with Crippen LogP contribution in [0.5, 0.6) is 0 Å². The third kappa shape index (κ3) is 28.0. The van der Waals surface area contributed by atoms with Crippen molar-refractivity contribution in [2.24, 2.45) is 17.8 Å². The molecule has 51 heavy (non-hydrogen) atoms. The molecule has 1 aliphatic carbocycles. The van der Waals surface area contributed by atoms with Gasteiger partial charge in [0.05, 0.1) is 6.10 Å². The quantitative estimate of drug-likeness (QED) is 0.0387. The van der Waals surface area contributed by atoms with E-state index in [0.29, 0.717) is 19.3 Å². The lowest BCUT2D eigenvalue weighted by atomic mass is 9.90. The number of aliphatic hydroxyl groups excluding tert-OH is 2. The molecule has 294 valence electrons. The van der Waals surface area contributed by atoms with Crippen LogP contribution in [-0.2, 0) is 23.9 Å². The first-order chi connectivity index (χ1) is 24.7. The molecule has 0 saturated heterocycles. The maximum absolute atomic E-state index is 12.3. The molecule has 1 rings (SSSR count). The molecule has 0 bridgehead atoms. The summed E-state index contributed by atoms with van der Waals surface area (Å²) in [5.41, 5.74) is 0. The molecule has 7 nitrogen and oxygen atoms in total. The van der Waals surface area contributed by atoms with Gasteiger partial charge in [0, 0.05) is 18.8 Å². The fourth-order valence-electron chi connectivity index (χ4n) is 6.50. The van der Waals surface area contributed by atoms with E-state index in [1.165, 1.54) is 83.5 Å². The molecule has 4 atom stereocenters. The summed E-state index contributed by atoms with van der Waals surface area (Å²) >= 11 is 0. The largest absolute Gasteiger partial charge is 0.463 e. The number of aliphatic hydroxyl groups is 2. The smallest absolute Gasteiger partial charge is 0.305 e. The molecule has 0 aromatic carbocycles. The van der Waals surface area contributed by atoms with Crippen LogP contribution in [0.15, 0.2) is 36.5 Å². The van der Waals surface area contributed by atoms with Gasteiger partial charge < -0.3 is 19.7 Å². The Morgan fingerprint density at radius 3 is 1.76 bits per heavy atom. The van der Waals surface area contributed by atoms with Crippen molar-refractivity contribution < 1.29 is 34.1 Å². The molecule has 0 saturated carbocycles. The third-order valence-electron chi connectivity index (χ3n) is 9.80. The number of ketones is 1. The molecular weight excluding hydrogens is 640 g/mol. The lowest BCUT2D eigenvalue weighted by Crippen LogP contribution is -2.25. The molecule has 0 aromatic heterocycles. The molecule has 0 spiro atoms. The molecule has 0 aromatic rings. The van der Waals surface area contributed by atoms with Crippen molar-refractivity contribution in [1.29, 1.82) is 0 Å². The number of esters is 2. The van der Waals surface area contributed by atoms with Gasteiger partial charge in [-0.3, -0.25) is 14.4 Å². The van der Waals surface area contributed by atoms with Crippen LogP contribution in [0.4, 0.5) is 0 Å². The minimum absolute atomic E-state index is 0.0746. The molecular formula is C44H76O7. The zero-order valence-electron chi connectivity index (χ0n) is 32.9. The lowest BCUT2D eigenvalue weighted by Gasteiger charge is -2.13. The van der Waals surface area contributed by atoms with Crippen molar-refractivity contribution in [2.45, 2.75) is 193 Å². The van der Waals surface area contributed by atoms with Gasteiger partial charge in [-0.05, 0) is 50.0 Å². The standard InChI is InChI=1S/C44H76O7/c1-4-5-21-28-39(45)32-33-41-38(31-34-42(41)47)27-23-19-20-25-30-44(49)51-36-40(46)35-50-43(48)29-24-18-16-14-12-10-8-6-7-9-11-13-15-17-22-26-37(2)3/h19,23,31-34,37-41,45-46H,4-18,20-22,24-30,35-36H2,1-3H3/b23-19-,33-32+/t38-,39-,40-,41+/m0/s1. The van der Waals surface area contributed by atoms with Crippen molar-refractivity contribution >= 4 is 17.7 Å². The number of hydrogen-bond acceptors (Lipinski definition) is 7. The highest BCUT2D eigenvalue weighted by Gasteiger charge is 2.27. The Bertz CT molecular complexity index is 969. The van der Waals surface area contributed by atoms with E-state index < -0.39 is 12.2 Å². The summed E-state index contributed by atoms with van der Waals surface area (Å²) in [6, 6.07) is 0. The Hall–Kier alpha value is -2.25. The Morgan fingerprint density at radius 2 is 1.22 bits per heavy atom. The Labute approximate surface area is 312 Å². The van der Waals surface area contributed by atoms with E-state index in [1.54, 1.807) is 12.2 Å². The predicted molar refractivity (Wildman–Crippen MR) is 209 cm³/mol. The molecule has 1 aliphatic rings. The molecule has 0 amide bonds. The van der Waals surface area contributed by atoms with E-state index in [2.05, 4.69) is 20.8 Å². The SMILES string of the molecule is CCCCC[C@H](O)/C=C/[C@H]1C(=O)C=C[C@@H]1C/C=C\CCCC(=O)OC[C@@H](O)COC(=O)CCCCCCCCCCCCCCCCCC(C)C. The lowest BCUT2D eigenvalue weighted by molar-refractivity contribution is -0.152. The number of carbonyl (C=O) groups excluding carboxylic acids is 3. The van der Waals surface area contributed by atoms with E-state index in [1.807, 2.05) is 24.3 Å². The van der Waals surface area contributed by atoms with E-state index in [0.717, 1.165) is 57.3 Å². The van der Waals surface area contributed by atoms with Gasteiger partial charge in [-0.2, -0.15) is 0 Å². The van der Waals surface area contributed by atoms with Crippen LogP contribution < -0.4 is 0 Å². The Kier molecular flexibility index (Phi) is 29.7. The predicted octanol–water partition coefficient (Wildman–Crippen LogP) is 10.7. The third-order valence-corrected chi connectivity index (χ3v) is 9.80. The van der Waals surface area contributed by atoms with Crippen molar-refractivity contribution in [3.05, 3.63) is 36.5 Å². The van der Waals surface area contributed by atoms with Gasteiger partial charge in [0.25, 0.3) is 0 Å². The maximum Gasteiger partial charge on any atom is 0.305 e. The van der Waals surface area contributed by atoms with Crippen LogP contribution in [0.1, 0.15) is 181 Å². The van der Waals surface area contributed by atoms with Crippen molar-refractivity contribution in [1.82, 2.24) is 0 Å². The molecule has 7 heteroatoms. The molecule has 0 unspecified atom stereocenters.